The Labute approximate surface area is 102 Å². The van der Waals surface area contributed by atoms with Crippen molar-refractivity contribution < 1.29 is 8.42 Å². The summed E-state index contributed by atoms with van der Waals surface area (Å²) >= 11 is 0. The predicted molar refractivity (Wildman–Crippen MR) is 69.4 cm³/mol. The van der Waals surface area contributed by atoms with Crippen LogP contribution in [0.4, 0.5) is 5.69 Å². The molecule has 3 N–H and O–H groups in total. The predicted octanol–water partition coefficient (Wildman–Crippen LogP) is 0.936. The fourth-order valence-corrected chi connectivity index (χ4v) is 4.22. The molecule has 1 aliphatic rings. The second-order valence-corrected chi connectivity index (χ2v) is 7.18. The fraction of sp³-hybridized carbons (Fsp3) is 0.500. The lowest BCUT2D eigenvalue weighted by Gasteiger charge is -2.24. The molecule has 1 aliphatic heterocycles. The molecule has 17 heavy (non-hydrogen) atoms. The maximum atomic E-state index is 11.4. The van der Waals surface area contributed by atoms with Crippen LogP contribution in [0.1, 0.15) is 18.9 Å². The maximum absolute atomic E-state index is 11.4. The largest absolute Gasteiger partial charge is 0.399 e. The summed E-state index contributed by atoms with van der Waals surface area (Å²) in [4.78, 5) is 0. The quantitative estimate of drug-likeness (QED) is 0.787. The van der Waals surface area contributed by atoms with Crippen molar-refractivity contribution in [2.45, 2.75) is 25.4 Å². The lowest BCUT2D eigenvalue weighted by molar-refractivity contribution is 0.395. The Bertz CT molecular complexity index is 496. The van der Waals surface area contributed by atoms with E-state index in [1.807, 2.05) is 31.2 Å². The number of benzene rings is 1. The molecular weight excluding hydrogens is 236 g/mol. The van der Waals surface area contributed by atoms with Crippen LogP contribution in [-0.4, -0.2) is 25.5 Å². The Morgan fingerprint density at radius 2 is 2.00 bits per heavy atom. The minimum atomic E-state index is -2.85. The van der Waals surface area contributed by atoms with Gasteiger partial charge in [-0.3, -0.25) is 0 Å². The van der Waals surface area contributed by atoms with Crippen LogP contribution in [0.15, 0.2) is 24.3 Å². The Hall–Kier alpha value is -1.07. The average molecular weight is 254 g/mol. The summed E-state index contributed by atoms with van der Waals surface area (Å²) in [6, 6.07) is 7.61. The van der Waals surface area contributed by atoms with Gasteiger partial charge in [0.05, 0.1) is 11.5 Å². The molecule has 0 saturated carbocycles. The molecule has 0 radical (unpaired) electrons. The third kappa shape index (κ3) is 3.20. The van der Waals surface area contributed by atoms with Crippen LogP contribution in [0.25, 0.3) is 0 Å². The van der Waals surface area contributed by atoms with Gasteiger partial charge in [0.2, 0.25) is 0 Å². The van der Waals surface area contributed by atoms with Crippen LogP contribution in [0.3, 0.4) is 0 Å². The fourth-order valence-electron chi connectivity index (χ4n) is 2.10. The summed E-state index contributed by atoms with van der Waals surface area (Å²) in [5.74, 6) is 0.521. The first-order valence-electron chi connectivity index (χ1n) is 5.68. The van der Waals surface area contributed by atoms with Crippen molar-refractivity contribution in [2.75, 3.05) is 17.2 Å². The van der Waals surface area contributed by atoms with E-state index in [0.717, 1.165) is 11.3 Å². The number of sulfone groups is 1. The molecular formula is C12H18N2O2S. The first-order valence-corrected chi connectivity index (χ1v) is 7.51. The van der Waals surface area contributed by atoms with Gasteiger partial charge in [-0.25, -0.2) is 8.42 Å². The summed E-state index contributed by atoms with van der Waals surface area (Å²) in [5, 5.41) is 3.33. The summed E-state index contributed by atoms with van der Waals surface area (Å²) < 4.78 is 22.9. The van der Waals surface area contributed by atoms with Crippen LogP contribution < -0.4 is 11.1 Å². The number of anilines is 1. The van der Waals surface area contributed by atoms with Gasteiger partial charge in [0.25, 0.3) is 0 Å². The molecule has 4 nitrogen and oxygen atoms in total. The highest BCUT2D eigenvalue weighted by Gasteiger charge is 2.37. The smallest absolute Gasteiger partial charge is 0.152 e. The minimum absolute atomic E-state index is 0.231. The van der Waals surface area contributed by atoms with Crippen molar-refractivity contribution in [1.29, 1.82) is 0 Å². The summed E-state index contributed by atoms with van der Waals surface area (Å²) in [7, 11) is -2.85. The third-order valence-corrected chi connectivity index (χ3v) is 5.11. The number of hydrogen-bond donors (Lipinski definition) is 2. The molecule has 1 atom stereocenters. The molecule has 1 aromatic carbocycles. The van der Waals surface area contributed by atoms with E-state index in [0.29, 0.717) is 13.0 Å². The zero-order valence-corrected chi connectivity index (χ0v) is 10.8. The number of nitrogens with two attached hydrogens (primary N) is 1. The number of rotatable bonds is 3. The monoisotopic (exact) mass is 254 g/mol. The molecule has 0 bridgehead atoms. The number of hydrogen-bond acceptors (Lipinski definition) is 4. The molecule has 0 aliphatic carbocycles. The Kier molecular flexibility index (Phi) is 3.14. The third-order valence-electron chi connectivity index (χ3n) is 3.20. The lowest BCUT2D eigenvalue weighted by Crippen LogP contribution is -2.42. The van der Waals surface area contributed by atoms with Crippen LogP contribution in [0, 0.1) is 0 Å². The van der Waals surface area contributed by atoms with Crippen molar-refractivity contribution in [3.63, 3.8) is 0 Å². The van der Waals surface area contributed by atoms with Gasteiger partial charge in [-0.2, -0.15) is 0 Å². The highest BCUT2D eigenvalue weighted by molar-refractivity contribution is 7.91. The first-order chi connectivity index (χ1) is 7.89. The highest BCUT2D eigenvalue weighted by atomic mass is 32.2. The zero-order chi connectivity index (χ0) is 12.5. The molecule has 1 fully saturated rings. The molecule has 0 unspecified atom stereocenters. The SMILES string of the molecule is C[C@@]1(NCc2ccc(N)cc2)CCS(=O)(=O)C1. The Morgan fingerprint density at radius 3 is 2.53 bits per heavy atom. The highest BCUT2D eigenvalue weighted by Crippen LogP contribution is 2.23. The minimum Gasteiger partial charge on any atom is -0.399 e. The normalized spacial score (nSPS) is 27.1. The second kappa shape index (κ2) is 4.31. The first kappa shape index (κ1) is 12.4. The molecule has 2 rings (SSSR count). The van der Waals surface area contributed by atoms with Gasteiger partial charge < -0.3 is 11.1 Å². The molecule has 5 heteroatoms. The van der Waals surface area contributed by atoms with Gasteiger partial charge in [0, 0.05) is 17.8 Å². The number of nitrogen functional groups attached to an aromatic ring is 1. The van der Waals surface area contributed by atoms with Crippen LogP contribution in [0.5, 0.6) is 0 Å². The van der Waals surface area contributed by atoms with Crippen LogP contribution >= 0.6 is 0 Å². The van der Waals surface area contributed by atoms with Gasteiger partial charge >= 0.3 is 0 Å². The molecule has 1 heterocycles. The van der Waals surface area contributed by atoms with E-state index in [2.05, 4.69) is 5.32 Å². The Balaban J connectivity index is 1.97. The topological polar surface area (TPSA) is 72.2 Å². The zero-order valence-electron chi connectivity index (χ0n) is 9.94. The van der Waals surface area contributed by atoms with Crippen LogP contribution in [0.2, 0.25) is 0 Å². The average Bonchev–Trinajstić information content (AvgIpc) is 2.53. The van der Waals surface area contributed by atoms with E-state index in [9.17, 15) is 8.42 Å². The second-order valence-electron chi connectivity index (χ2n) is 5.00. The summed E-state index contributed by atoms with van der Waals surface area (Å²) in [6.07, 6.45) is 0.685. The van der Waals surface area contributed by atoms with Crippen LogP contribution in [-0.2, 0) is 16.4 Å². The van der Waals surface area contributed by atoms with Gasteiger partial charge in [-0.15, -0.1) is 0 Å². The summed E-state index contributed by atoms with van der Waals surface area (Å²) in [6.45, 7) is 2.64. The van der Waals surface area contributed by atoms with E-state index < -0.39 is 9.84 Å². The molecule has 94 valence electrons. The molecule has 0 aromatic heterocycles. The molecule has 1 aromatic rings. The summed E-state index contributed by atoms with van der Waals surface area (Å²) in [5.41, 5.74) is 7.17. The Morgan fingerprint density at radius 1 is 1.35 bits per heavy atom. The molecule has 1 saturated heterocycles. The van der Waals surface area contributed by atoms with E-state index in [1.165, 1.54) is 0 Å². The van der Waals surface area contributed by atoms with Gasteiger partial charge in [0.1, 0.15) is 0 Å². The van der Waals surface area contributed by atoms with Gasteiger partial charge in [-0.05, 0) is 31.0 Å². The van der Waals surface area contributed by atoms with E-state index in [-0.39, 0.29) is 17.0 Å². The molecule has 0 amide bonds. The van der Waals surface area contributed by atoms with Gasteiger partial charge in [-0.1, -0.05) is 12.1 Å². The molecule has 0 spiro atoms. The van der Waals surface area contributed by atoms with Crippen molar-refractivity contribution >= 4 is 15.5 Å². The lowest BCUT2D eigenvalue weighted by atomic mass is 10.0. The standard InChI is InChI=1S/C12H18N2O2S/c1-12(6-7-17(15,16)9-12)14-8-10-2-4-11(13)5-3-10/h2-5,14H,6-9,13H2,1H3/t12-/m1/s1. The van der Waals surface area contributed by atoms with E-state index in [4.69, 9.17) is 5.73 Å². The van der Waals surface area contributed by atoms with Gasteiger partial charge in [0.15, 0.2) is 9.84 Å². The number of nitrogens with one attached hydrogen (secondary N) is 1. The van der Waals surface area contributed by atoms with Crippen molar-refractivity contribution in [1.82, 2.24) is 5.32 Å². The van der Waals surface area contributed by atoms with E-state index >= 15 is 0 Å². The van der Waals surface area contributed by atoms with Crippen molar-refractivity contribution in [3.05, 3.63) is 29.8 Å². The van der Waals surface area contributed by atoms with Crippen molar-refractivity contribution in [2.24, 2.45) is 0 Å². The maximum Gasteiger partial charge on any atom is 0.152 e. The van der Waals surface area contributed by atoms with E-state index in [1.54, 1.807) is 0 Å². The van der Waals surface area contributed by atoms with Crippen molar-refractivity contribution in [3.8, 4) is 0 Å².